The van der Waals surface area contributed by atoms with E-state index in [1.165, 1.54) is 0 Å². The Bertz CT molecular complexity index is 288. The number of nitrogen functional groups attached to an aromatic ring is 1. The molecule has 1 rings (SSSR count). The summed E-state index contributed by atoms with van der Waals surface area (Å²) in [7, 11) is 0. The minimum atomic E-state index is 0.378. The first-order valence-electron chi connectivity index (χ1n) is 4.65. The zero-order chi connectivity index (χ0) is 10.0. The quantitative estimate of drug-likeness (QED) is 0.746. The molecule has 0 saturated heterocycles. The lowest BCUT2D eigenvalue weighted by molar-refractivity contribution is 0.652. The van der Waals surface area contributed by atoms with Crippen LogP contribution in [0.25, 0.3) is 0 Å². The summed E-state index contributed by atoms with van der Waals surface area (Å²) in [5.74, 6) is 0.940. The van der Waals surface area contributed by atoms with Gasteiger partial charge < -0.3 is 11.1 Å². The monoisotopic (exact) mass is 182 g/mol. The molecule has 1 aromatic heterocycles. The van der Waals surface area contributed by atoms with Gasteiger partial charge in [-0.3, -0.25) is 0 Å². The second-order valence-electron chi connectivity index (χ2n) is 3.46. The fourth-order valence-electron chi connectivity index (χ4n) is 1.25. The van der Waals surface area contributed by atoms with Crippen LogP contribution in [0, 0.1) is 6.92 Å². The molecule has 0 aromatic carbocycles. The second-order valence-corrected chi connectivity index (χ2v) is 3.46. The highest BCUT2D eigenvalue weighted by molar-refractivity contribution is 5.64. The van der Waals surface area contributed by atoms with Gasteiger partial charge in [-0.25, -0.2) is 4.68 Å². The summed E-state index contributed by atoms with van der Waals surface area (Å²) in [4.78, 5) is 0. The van der Waals surface area contributed by atoms with Crippen molar-refractivity contribution in [1.29, 1.82) is 0 Å². The summed E-state index contributed by atoms with van der Waals surface area (Å²) in [5.41, 5.74) is 7.53. The van der Waals surface area contributed by atoms with E-state index < -0.39 is 0 Å². The van der Waals surface area contributed by atoms with Crippen molar-refractivity contribution in [2.24, 2.45) is 0 Å². The fourth-order valence-corrected chi connectivity index (χ4v) is 1.25. The zero-order valence-corrected chi connectivity index (χ0v) is 8.76. The highest BCUT2D eigenvalue weighted by Crippen LogP contribution is 2.22. The molecule has 1 heterocycles. The Balaban J connectivity index is 3.01. The first-order chi connectivity index (χ1) is 6.06. The van der Waals surface area contributed by atoms with Crippen molar-refractivity contribution in [3.8, 4) is 0 Å². The standard InChI is InChI=1S/C9H18N4/c1-5-13-9(11-6(2)3)8(10)7(4)12-13/h6,11H,5,10H2,1-4H3. The largest absolute Gasteiger partial charge is 0.394 e. The van der Waals surface area contributed by atoms with Crippen LogP contribution >= 0.6 is 0 Å². The van der Waals surface area contributed by atoms with Gasteiger partial charge in [0.05, 0.1) is 11.4 Å². The van der Waals surface area contributed by atoms with Gasteiger partial charge in [0.15, 0.2) is 0 Å². The van der Waals surface area contributed by atoms with Gasteiger partial charge in [-0.05, 0) is 27.7 Å². The average Bonchev–Trinajstić information content (AvgIpc) is 2.31. The van der Waals surface area contributed by atoms with Crippen LogP contribution in [-0.4, -0.2) is 15.8 Å². The molecule has 0 bridgehead atoms. The molecular formula is C9H18N4. The Morgan fingerprint density at radius 3 is 2.62 bits per heavy atom. The van der Waals surface area contributed by atoms with E-state index in [9.17, 15) is 0 Å². The molecule has 0 aliphatic carbocycles. The van der Waals surface area contributed by atoms with Crippen LogP contribution in [0.5, 0.6) is 0 Å². The molecule has 0 saturated carbocycles. The van der Waals surface area contributed by atoms with Crippen molar-refractivity contribution in [1.82, 2.24) is 9.78 Å². The van der Waals surface area contributed by atoms with E-state index in [1.54, 1.807) is 0 Å². The number of aromatic nitrogens is 2. The first kappa shape index (κ1) is 9.89. The lowest BCUT2D eigenvalue weighted by atomic mass is 10.3. The van der Waals surface area contributed by atoms with E-state index in [-0.39, 0.29) is 0 Å². The maximum absolute atomic E-state index is 5.88. The third kappa shape index (κ3) is 1.94. The smallest absolute Gasteiger partial charge is 0.148 e. The van der Waals surface area contributed by atoms with Crippen LogP contribution in [0.2, 0.25) is 0 Å². The van der Waals surface area contributed by atoms with E-state index >= 15 is 0 Å². The molecule has 0 amide bonds. The van der Waals surface area contributed by atoms with Crippen LogP contribution in [-0.2, 0) is 6.54 Å². The lowest BCUT2D eigenvalue weighted by Gasteiger charge is -2.11. The Morgan fingerprint density at radius 2 is 2.15 bits per heavy atom. The minimum Gasteiger partial charge on any atom is -0.394 e. The Morgan fingerprint density at radius 1 is 1.54 bits per heavy atom. The second kappa shape index (κ2) is 3.68. The molecule has 4 heteroatoms. The van der Waals surface area contributed by atoms with Crippen molar-refractivity contribution in [3.63, 3.8) is 0 Å². The molecule has 3 N–H and O–H groups in total. The molecule has 13 heavy (non-hydrogen) atoms. The normalized spacial score (nSPS) is 10.8. The molecule has 0 aliphatic rings. The minimum absolute atomic E-state index is 0.378. The maximum atomic E-state index is 5.88. The molecule has 4 nitrogen and oxygen atoms in total. The molecule has 1 aromatic rings. The summed E-state index contributed by atoms with van der Waals surface area (Å²) in [6, 6.07) is 0.378. The highest BCUT2D eigenvalue weighted by Gasteiger charge is 2.11. The molecule has 0 spiro atoms. The zero-order valence-electron chi connectivity index (χ0n) is 8.76. The van der Waals surface area contributed by atoms with E-state index in [1.807, 2.05) is 11.6 Å². The van der Waals surface area contributed by atoms with Gasteiger partial charge in [-0.15, -0.1) is 0 Å². The van der Waals surface area contributed by atoms with Crippen molar-refractivity contribution in [2.45, 2.75) is 40.3 Å². The van der Waals surface area contributed by atoms with Gasteiger partial charge in [0.1, 0.15) is 5.82 Å². The Hall–Kier alpha value is -1.19. The van der Waals surface area contributed by atoms with Crippen molar-refractivity contribution in [2.75, 3.05) is 11.1 Å². The molecule has 0 aliphatic heterocycles. The predicted octanol–water partition coefficient (Wildman–Crippen LogP) is 1.61. The Labute approximate surface area is 79.1 Å². The van der Waals surface area contributed by atoms with E-state index in [2.05, 4.69) is 31.2 Å². The highest BCUT2D eigenvalue weighted by atomic mass is 15.3. The first-order valence-corrected chi connectivity index (χ1v) is 4.65. The SMILES string of the molecule is CCn1nc(C)c(N)c1NC(C)C. The number of nitrogens with zero attached hydrogens (tertiary/aromatic N) is 2. The van der Waals surface area contributed by atoms with Gasteiger partial charge >= 0.3 is 0 Å². The molecular weight excluding hydrogens is 164 g/mol. The predicted molar refractivity (Wildman–Crippen MR) is 55.8 cm³/mol. The summed E-state index contributed by atoms with van der Waals surface area (Å²) in [6.45, 7) is 8.99. The van der Waals surface area contributed by atoms with Gasteiger partial charge in [0, 0.05) is 12.6 Å². The third-order valence-electron chi connectivity index (χ3n) is 1.90. The summed E-state index contributed by atoms with van der Waals surface area (Å²) >= 11 is 0. The molecule has 0 unspecified atom stereocenters. The molecule has 0 radical (unpaired) electrons. The van der Waals surface area contributed by atoms with E-state index in [4.69, 9.17) is 5.73 Å². The van der Waals surface area contributed by atoms with E-state index in [0.717, 1.165) is 23.7 Å². The van der Waals surface area contributed by atoms with Crippen LogP contribution in [0.15, 0.2) is 0 Å². The number of aryl methyl sites for hydroxylation is 2. The van der Waals surface area contributed by atoms with Crippen LogP contribution < -0.4 is 11.1 Å². The summed E-state index contributed by atoms with van der Waals surface area (Å²) in [5, 5.41) is 7.60. The van der Waals surface area contributed by atoms with Crippen LogP contribution in [0.3, 0.4) is 0 Å². The van der Waals surface area contributed by atoms with Gasteiger partial charge in [0.25, 0.3) is 0 Å². The number of hydrogen-bond donors (Lipinski definition) is 2. The van der Waals surface area contributed by atoms with Crippen LogP contribution in [0.1, 0.15) is 26.5 Å². The maximum Gasteiger partial charge on any atom is 0.148 e. The van der Waals surface area contributed by atoms with Crippen molar-refractivity contribution >= 4 is 11.5 Å². The van der Waals surface area contributed by atoms with Gasteiger partial charge in [-0.1, -0.05) is 0 Å². The summed E-state index contributed by atoms with van der Waals surface area (Å²) < 4.78 is 1.89. The van der Waals surface area contributed by atoms with Gasteiger partial charge in [-0.2, -0.15) is 5.10 Å². The van der Waals surface area contributed by atoms with Crippen molar-refractivity contribution in [3.05, 3.63) is 5.69 Å². The van der Waals surface area contributed by atoms with E-state index in [0.29, 0.717) is 6.04 Å². The Kier molecular flexibility index (Phi) is 2.80. The van der Waals surface area contributed by atoms with Gasteiger partial charge in [0.2, 0.25) is 0 Å². The number of anilines is 2. The number of hydrogen-bond acceptors (Lipinski definition) is 3. The molecule has 0 fully saturated rings. The number of rotatable bonds is 3. The average molecular weight is 182 g/mol. The number of nitrogens with one attached hydrogen (secondary N) is 1. The molecule has 0 atom stereocenters. The topological polar surface area (TPSA) is 55.9 Å². The van der Waals surface area contributed by atoms with Crippen LogP contribution in [0.4, 0.5) is 11.5 Å². The summed E-state index contributed by atoms with van der Waals surface area (Å²) in [6.07, 6.45) is 0. The fraction of sp³-hybridized carbons (Fsp3) is 0.667. The molecule has 74 valence electrons. The third-order valence-corrected chi connectivity index (χ3v) is 1.90. The lowest BCUT2D eigenvalue weighted by Crippen LogP contribution is -2.15. The number of nitrogens with two attached hydrogens (primary N) is 1. The van der Waals surface area contributed by atoms with Crippen molar-refractivity contribution < 1.29 is 0 Å².